The zero-order valence-electron chi connectivity index (χ0n) is 43.9. The molecule has 10 aliphatic rings. The molecule has 10 rings (SSSR count). The van der Waals surface area contributed by atoms with Gasteiger partial charge in [0.2, 0.25) is 0 Å². The first-order valence-electron chi connectivity index (χ1n) is 27.6. The van der Waals surface area contributed by atoms with E-state index < -0.39 is 11.4 Å². The molecule has 0 aromatic carbocycles. The van der Waals surface area contributed by atoms with Crippen LogP contribution in [0, 0.1) is 113 Å². The number of hydrogen-bond acceptors (Lipinski definition) is 4. The van der Waals surface area contributed by atoms with E-state index in [0.29, 0.717) is 64.3 Å². The zero-order valence-corrected chi connectivity index (χ0v) is 43.9. The van der Waals surface area contributed by atoms with Crippen LogP contribution in [0.1, 0.15) is 212 Å². The number of aliphatic hydroxyl groups excluding tert-OH is 3. The molecular formula is C60H98O5. The number of aliphatic carboxylic acids is 1. The van der Waals surface area contributed by atoms with E-state index in [0.717, 1.165) is 56.8 Å². The van der Waals surface area contributed by atoms with Crippen molar-refractivity contribution in [1.82, 2.24) is 0 Å². The van der Waals surface area contributed by atoms with Gasteiger partial charge in [0.25, 0.3) is 0 Å². The van der Waals surface area contributed by atoms with Crippen LogP contribution in [0.4, 0.5) is 0 Å². The summed E-state index contributed by atoms with van der Waals surface area (Å²) in [6, 6.07) is 0. The lowest BCUT2D eigenvalue weighted by Crippen LogP contribution is -2.67. The molecule has 0 heterocycles. The highest BCUT2D eigenvalue weighted by atomic mass is 16.4. The topological polar surface area (TPSA) is 98.0 Å². The minimum absolute atomic E-state index is 0.0202. The number of rotatable bonds is 4. The lowest BCUT2D eigenvalue weighted by Gasteiger charge is -2.73. The SMILES string of the molecule is C=C(C)[C@@H]1CC[C@]2(C(=O)O)CC[C@]3(C)[C@H](CC[C@@H]4[C@@]5(C)CC[C@H](O)C(C)(C)[C@@H]5CC[C@]43C)[C@@H]12.C=C(C)[C@@H]1CC[C@]2(CO)CC[C@]3(C)[C@H](CC[C@@H]4[C@@]5(C)CC[C@H](O)C(C)(C)[C@@H]5CC[C@]43C)[C@@H]12. The highest BCUT2D eigenvalue weighted by molar-refractivity contribution is 5.76. The van der Waals surface area contributed by atoms with Crippen molar-refractivity contribution in [2.24, 2.45) is 113 Å². The van der Waals surface area contributed by atoms with Crippen molar-refractivity contribution in [3.8, 4) is 0 Å². The van der Waals surface area contributed by atoms with E-state index in [2.05, 4.69) is 96.2 Å². The molecular weight excluding hydrogens is 801 g/mol. The van der Waals surface area contributed by atoms with Crippen LogP contribution in [0.5, 0.6) is 0 Å². The summed E-state index contributed by atoms with van der Waals surface area (Å²) in [7, 11) is 0. The van der Waals surface area contributed by atoms with Crippen LogP contribution < -0.4 is 0 Å². The van der Waals surface area contributed by atoms with Crippen molar-refractivity contribution in [2.45, 2.75) is 224 Å². The average molecular weight is 899 g/mol. The summed E-state index contributed by atoms with van der Waals surface area (Å²) in [6.07, 6.45) is 22.7. The highest BCUT2D eigenvalue weighted by Crippen LogP contribution is 2.79. The maximum absolute atomic E-state index is 12.8. The summed E-state index contributed by atoms with van der Waals surface area (Å²) in [6.45, 7) is 38.6. The summed E-state index contributed by atoms with van der Waals surface area (Å²) in [5, 5.41) is 42.9. The molecule has 0 aromatic rings. The smallest absolute Gasteiger partial charge is 0.309 e. The van der Waals surface area contributed by atoms with Gasteiger partial charge in [-0.15, -0.1) is 0 Å². The predicted octanol–water partition coefficient (Wildman–Crippen LogP) is 14.1. The molecule has 4 N–H and O–H groups in total. The Morgan fingerprint density at radius 1 is 0.477 bits per heavy atom. The van der Waals surface area contributed by atoms with Gasteiger partial charge in [0.05, 0.1) is 17.6 Å². The fourth-order valence-electron chi connectivity index (χ4n) is 23.0. The molecule has 0 unspecified atom stereocenters. The van der Waals surface area contributed by atoms with E-state index in [-0.39, 0.29) is 50.6 Å². The van der Waals surface area contributed by atoms with Crippen molar-refractivity contribution < 1.29 is 25.2 Å². The van der Waals surface area contributed by atoms with E-state index >= 15 is 0 Å². The van der Waals surface area contributed by atoms with Crippen molar-refractivity contribution in [2.75, 3.05) is 6.61 Å². The van der Waals surface area contributed by atoms with Crippen molar-refractivity contribution in [3.63, 3.8) is 0 Å². The van der Waals surface area contributed by atoms with Gasteiger partial charge in [0.15, 0.2) is 0 Å². The second kappa shape index (κ2) is 15.4. The Kier molecular flexibility index (Phi) is 11.6. The van der Waals surface area contributed by atoms with Gasteiger partial charge in [0, 0.05) is 6.61 Å². The molecule has 0 amide bonds. The monoisotopic (exact) mass is 899 g/mol. The van der Waals surface area contributed by atoms with Crippen LogP contribution in [-0.2, 0) is 4.79 Å². The molecule has 0 saturated heterocycles. The van der Waals surface area contributed by atoms with Crippen LogP contribution in [0.2, 0.25) is 0 Å². The minimum atomic E-state index is -0.538. The second-order valence-electron chi connectivity index (χ2n) is 29.1. The summed E-state index contributed by atoms with van der Waals surface area (Å²) in [5.41, 5.74) is 3.96. The quantitative estimate of drug-likeness (QED) is 0.211. The number of fused-ring (bicyclic) bond motifs is 14. The maximum atomic E-state index is 12.8. The van der Waals surface area contributed by atoms with Gasteiger partial charge in [-0.2, -0.15) is 0 Å². The van der Waals surface area contributed by atoms with Crippen molar-refractivity contribution >= 4 is 5.97 Å². The van der Waals surface area contributed by atoms with Crippen LogP contribution in [-0.4, -0.2) is 45.2 Å². The molecule has 65 heavy (non-hydrogen) atoms. The molecule has 10 fully saturated rings. The Bertz CT molecular complexity index is 1920. The average Bonchev–Trinajstić information content (AvgIpc) is 3.83. The number of carboxylic acids is 1. The Morgan fingerprint density at radius 2 is 0.908 bits per heavy atom. The van der Waals surface area contributed by atoms with Gasteiger partial charge in [-0.1, -0.05) is 93.5 Å². The van der Waals surface area contributed by atoms with Crippen LogP contribution in [0.15, 0.2) is 24.3 Å². The molecule has 20 atom stereocenters. The summed E-state index contributed by atoms with van der Waals surface area (Å²) < 4.78 is 0. The molecule has 10 aliphatic carbocycles. The number of carbonyl (C=O) groups is 1. The third-order valence-corrected chi connectivity index (χ3v) is 27.0. The van der Waals surface area contributed by atoms with E-state index in [1.165, 1.54) is 94.6 Å². The first kappa shape index (κ1) is 48.8. The van der Waals surface area contributed by atoms with Gasteiger partial charge in [0.1, 0.15) is 0 Å². The third-order valence-electron chi connectivity index (χ3n) is 27.0. The number of carboxylic acid groups (broad SMARTS) is 1. The lowest BCUT2D eigenvalue weighted by molar-refractivity contribution is -0.249. The Balaban J connectivity index is 0.000000164. The second-order valence-corrected chi connectivity index (χ2v) is 29.1. The Morgan fingerprint density at radius 3 is 1.35 bits per heavy atom. The third kappa shape index (κ3) is 6.19. The predicted molar refractivity (Wildman–Crippen MR) is 265 cm³/mol. The van der Waals surface area contributed by atoms with E-state index in [1.54, 1.807) is 0 Å². The fraction of sp³-hybridized carbons (Fsp3) is 0.917. The van der Waals surface area contributed by atoms with Gasteiger partial charge in [-0.3, -0.25) is 4.79 Å². The maximum Gasteiger partial charge on any atom is 0.309 e. The standard InChI is InChI=1S/C30H48O3.C30H50O2/c1-18(2)19-10-15-30(25(32)33)17-16-28(6)20(24(19)30)8-9-22-27(5)13-12-23(31)26(3,4)21(27)11-14-29(22,28)7;1-19(2)20-10-15-30(18-31)17-16-28(6)21(25(20)30)8-9-23-27(5)13-12-24(32)26(3,4)22(27)11-14-29(23,28)7/h19-24,31H,1,8-17H2,2-7H3,(H,32,33);20-25,31-32H,1,8-18H2,2-7H3/t19-,20+,21-,22+,23-,24+,27-,28+,29+,30-;20-,21+,22-,23+,24-,25+,27-,28+,29+,30+/m00/s1. The molecule has 0 aliphatic heterocycles. The molecule has 0 spiro atoms. The molecule has 0 aromatic heterocycles. The van der Waals surface area contributed by atoms with Crippen molar-refractivity contribution in [1.29, 1.82) is 0 Å². The zero-order chi connectivity index (χ0) is 47.5. The van der Waals surface area contributed by atoms with E-state index in [4.69, 9.17) is 0 Å². The normalized spacial score (nSPS) is 55.7. The lowest BCUT2D eigenvalue weighted by atomic mass is 9.32. The largest absolute Gasteiger partial charge is 0.481 e. The fourth-order valence-corrected chi connectivity index (χ4v) is 23.0. The van der Waals surface area contributed by atoms with Gasteiger partial charge >= 0.3 is 5.97 Å². The van der Waals surface area contributed by atoms with E-state index in [9.17, 15) is 25.2 Å². The first-order valence-corrected chi connectivity index (χ1v) is 27.6. The molecule has 368 valence electrons. The molecule has 5 nitrogen and oxygen atoms in total. The number of allylic oxidation sites excluding steroid dienone is 2. The Hall–Kier alpha value is -1.17. The molecule has 0 radical (unpaired) electrons. The molecule has 0 bridgehead atoms. The molecule has 10 saturated carbocycles. The number of aliphatic hydroxyl groups is 3. The van der Waals surface area contributed by atoms with Crippen LogP contribution in [0.3, 0.4) is 0 Å². The van der Waals surface area contributed by atoms with Crippen LogP contribution in [0.25, 0.3) is 0 Å². The summed E-state index contributed by atoms with van der Waals surface area (Å²) in [4.78, 5) is 12.8. The Labute approximate surface area is 397 Å². The molecule has 5 heteroatoms. The number of hydrogen-bond donors (Lipinski definition) is 4. The van der Waals surface area contributed by atoms with Gasteiger partial charge in [-0.05, 0) is 250 Å². The van der Waals surface area contributed by atoms with Crippen molar-refractivity contribution in [3.05, 3.63) is 24.3 Å². The van der Waals surface area contributed by atoms with E-state index in [1.807, 2.05) is 0 Å². The summed E-state index contributed by atoms with van der Waals surface area (Å²) >= 11 is 0. The van der Waals surface area contributed by atoms with Gasteiger partial charge < -0.3 is 20.4 Å². The highest BCUT2D eigenvalue weighted by Gasteiger charge is 2.73. The van der Waals surface area contributed by atoms with Crippen LogP contribution >= 0.6 is 0 Å². The first-order chi connectivity index (χ1) is 30.1. The summed E-state index contributed by atoms with van der Waals surface area (Å²) in [5.74, 6) is 5.12. The van der Waals surface area contributed by atoms with Gasteiger partial charge in [-0.25, -0.2) is 0 Å². The minimum Gasteiger partial charge on any atom is -0.481 e.